The van der Waals surface area contributed by atoms with Gasteiger partial charge in [0, 0.05) is 11.1 Å². The Bertz CT molecular complexity index is 767. The van der Waals surface area contributed by atoms with E-state index < -0.39 is 29.4 Å². The van der Waals surface area contributed by atoms with Crippen LogP contribution in [0.1, 0.15) is 56.9 Å². The molecule has 2 aromatic rings. The molecule has 6 heteroatoms. The summed E-state index contributed by atoms with van der Waals surface area (Å²) in [6, 6.07) is 8.00. The molecule has 0 aliphatic carbocycles. The largest absolute Gasteiger partial charge is 0.388 e. The minimum Gasteiger partial charge on any atom is -0.388 e. The lowest BCUT2D eigenvalue weighted by molar-refractivity contribution is 0.142. The van der Waals surface area contributed by atoms with E-state index in [2.05, 4.69) is 0 Å². The van der Waals surface area contributed by atoms with Crippen molar-refractivity contribution < 1.29 is 27.4 Å². The second-order valence-corrected chi connectivity index (χ2v) is 7.72. The molecule has 0 aromatic heterocycles. The van der Waals surface area contributed by atoms with E-state index in [0.717, 1.165) is 18.6 Å². The molecule has 0 radical (unpaired) electrons. The van der Waals surface area contributed by atoms with Crippen molar-refractivity contribution in [2.24, 2.45) is 5.41 Å². The summed E-state index contributed by atoms with van der Waals surface area (Å²) in [6.45, 7) is 6.63. The third kappa shape index (κ3) is 6.33. The maximum atomic E-state index is 13.3. The predicted octanol–water partition coefficient (Wildman–Crippen LogP) is 5.86. The molecule has 1 aliphatic heterocycles. The van der Waals surface area contributed by atoms with Crippen molar-refractivity contribution in [1.29, 1.82) is 0 Å². The van der Waals surface area contributed by atoms with Gasteiger partial charge in [0.15, 0.2) is 23.3 Å². The summed E-state index contributed by atoms with van der Waals surface area (Å²) in [6.07, 6.45) is 0.0363. The first kappa shape index (κ1) is 21.4. The molecular formula is C21H24F4O2. The highest BCUT2D eigenvalue weighted by Crippen LogP contribution is 2.32. The molecule has 148 valence electrons. The van der Waals surface area contributed by atoms with E-state index >= 15 is 0 Å². The molecule has 3 rings (SSSR count). The van der Waals surface area contributed by atoms with Gasteiger partial charge in [-0.3, -0.25) is 0 Å². The van der Waals surface area contributed by atoms with E-state index in [1.54, 1.807) is 0 Å². The summed E-state index contributed by atoms with van der Waals surface area (Å²) in [5.74, 6) is -3.44. The summed E-state index contributed by atoms with van der Waals surface area (Å²) in [4.78, 5) is 0. The molecule has 1 fully saturated rings. The number of benzene rings is 2. The van der Waals surface area contributed by atoms with Gasteiger partial charge in [0.25, 0.3) is 0 Å². The van der Waals surface area contributed by atoms with Gasteiger partial charge < -0.3 is 9.84 Å². The third-order valence-electron chi connectivity index (χ3n) is 4.17. The first-order valence-corrected chi connectivity index (χ1v) is 8.77. The molecule has 1 aliphatic rings. The summed E-state index contributed by atoms with van der Waals surface area (Å²) in [5.41, 5.74) is 0.444. The summed E-state index contributed by atoms with van der Waals surface area (Å²) < 4.78 is 56.5. The van der Waals surface area contributed by atoms with E-state index in [0.29, 0.717) is 18.6 Å². The van der Waals surface area contributed by atoms with Gasteiger partial charge in [0.05, 0.1) is 12.7 Å². The summed E-state index contributed by atoms with van der Waals surface area (Å²) in [7, 11) is 0. The Morgan fingerprint density at radius 2 is 1.56 bits per heavy atom. The number of hydrogen-bond donors (Lipinski definition) is 1. The number of aliphatic hydroxyl groups is 1. The average Bonchev–Trinajstić information content (AvgIpc) is 3.42. The molecule has 1 saturated heterocycles. The lowest BCUT2D eigenvalue weighted by atomic mass is 9.88. The van der Waals surface area contributed by atoms with Crippen molar-refractivity contribution in [3.05, 3.63) is 70.8 Å². The van der Waals surface area contributed by atoms with Crippen LogP contribution in [0.15, 0.2) is 36.4 Å². The van der Waals surface area contributed by atoms with Crippen molar-refractivity contribution in [2.45, 2.75) is 45.8 Å². The van der Waals surface area contributed by atoms with Crippen LogP contribution in [0.4, 0.5) is 17.6 Å². The highest BCUT2D eigenvalue weighted by atomic mass is 19.2. The fourth-order valence-corrected chi connectivity index (χ4v) is 2.50. The predicted molar refractivity (Wildman–Crippen MR) is 95.1 cm³/mol. The Kier molecular flexibility index (Phi) is 7.00. The quantitative estimate of drug-likeness (QED) is 0.529. The Labute approximate surface area is 156 Å². The van der Waals surface area contributed by atoms with Crippen LogP contribution >= 0.6 is 0 Å². The zero-order valence-electron chi connectivity index (χ0n) is 15.6. The van der Waals surface area contributed by atoms with Crippen LogP contribution in [0.25, 0.3) is 0 Å². The van der Waals surface area contributed by atoms with Crippen LogP contribution in [0.3, 0.4) is 0 Å². The Hall–Kier alpha value is -1.92. The van der Waals surface area contributed by atoms with E-state index in [-0.39, 0.29) is 17.1 Å². The van der Waals surface area contributed by atoms with Gasteiger partial charge in [0.1, 0.15) is 6.10 Å². The van der Waals surface area contributed by atoms with Gasteiger partial charge in [-0.1, -0.05) is 45.0 Å². The van der Waals surface area contributed by atoms with Gasteiger partial charge in [-0.25, -0.2) is 17.6 Å². The van der Waals surface area contributed by atoms with Gasteiger partial charge in [0.2, 0.25) is 0 Å². The van der Waals surface area contributed by atoms with Crippen molar-refractivity contribution >= 4 is 0 Å². The molecule has 2 atom stereocenters. The molecule has 0 spiro atoms. The van der Waals surface area contributed by atoms with Crippen molar-refractivity contribution in [1.82, 2.24) is 0 Å². The van der Waals surface area contributed by atoms with Crippen LogP contribution in [0, 0.1) is 28.7 Å². The van der Waals surface area contributed by atoms with E-state index in [4.69, 9.17) is 4.74 Å². The molecular weight excluding hydrogens is 360 g/mol. The molecule has 0 unspecified atom stereocenters. The summed E-state index contributed by atoms with van der Waals surface area (Å²) >= 11 is 0. The normalized spacial score (nSPS) is 17.1. The number of hydrogen-bond acceptors (Lipinski definition) is 2. The highest BCUT2D eigenvalue weighted by molar-refractivity contribution is 5.23. The van der Waals surface area contributed by atoms with E-state index in [1.807, 2.05) is 20.8 Å². The third-order valence-corrected chi connectivity index (χ3v) is 4.17. The molecule has 0 saturated carbocycles. The van der Waals surface area contributed by atoms with Gasteiger partial charge in [-0.15, -0.1) is 0 Å². The standard InChI is InChI=1S/C13H18F2O.C8H6F2O/c1-13(2,3)8-7-11(16)9-5-4-6-10(14)12(9)15;9-6-3-1-2-5(8(6)10)7-4-11-7/h4-6,11,16H,7-8H2,1-3H3;1-3,7H,4H2/t11-;7-/m00/s1. The zero-order chi connectivity index (χ0) is 20.2. The van der Waals surface area contributed by atoms with Crippen LogP contribution < -0.4 is 0 Å². The maximum absolute atomic E-state index is 13.3. The minimum atomic E-state index is -0.941. The first-order chi connectivity index (χ1) is 12.6. The fourth-order valence-electron chi connectivity index (χ4n) is 2.50. The number of rotatable bonds is 4. The van der Waals surface area contributed by atoms with Crippen LogP contribution in [0.5, 0.6) is 0 Å². The lowest BCUT2D eigenvalue weighted by Gasteiger charge is -2.20. The van der Waals surface area contributed by atoms with Gasteiger partial charge in [-0.2, -0.15) is 0 Å². The fraction of sp³-hybridized carbons (Fsp3) is 0.429. The Balaban J connectivity index is 0.000000206. The van der Waals surface area contributed by atoms with Crippen molar-refractivity contribution in [3.63, 3.8) is 0 Å². The Morgan fingerprint density at radius 3 is 2.11 bits per heavy atom. The second-order valence-electron chi connectivity index (χ2n) is 7.72. The van der Waals surface area contributed by atoms with Crippen LogP contribution in [0.2, 0.25) is 0 Å². The topological polar surface area (TPSA) is 32.8 Å². The summed E-state index contributed by atoms with van der Waals surface area (Å²) in [5, 5.41) is 9.78. The highest BCUT2D eigenvalue weighted by Gasteiger charge is 2.28. The lowest BCUT2D eigenvalue weighted by Crippen LogP contribution is -2.09. The molecule has 2 nitrogen and oxygen atoms in total. The number of halogens is 4. The molecule has 2 aromatic carbocycles. The number of ether oxygens (including phenoxy) is 1. The number of aliphatic hydroxyl groups excluding tert-OH is 1. The molecule has 1 N–H and O–H groups in total. The van der Waals surface area contributed by atoms with E-state index in [1.165, 1.54) is 24.3 Å². The zero-order valence-corrected chi connectivity index (χ0v) is 15.6. The SMILES string of the molecule is CC(C)(C)CC[C@H](O)c1cccc(F)c1F.Fc1cccc([C@@H]2CO2)c1F. The second kappa shape index (κ2) is 8.85. The molecule has 1 heterocycles. The average molecular weight is 384 g/mol. The first-order valence-electron chi connectivity index (χ1n) is 8.77. The number of epoxide rings is 1. The Morgan fingerprint density at radius 1 is 1.00 bits per heavy atom. The van der Waals surface area contributed by atoms with Crippen molar-refractivity contribution in [2.75, 3.05) is 6.61 Å². The minimum absolute atomic E-state index is 0.0456. The molecule has 0 amide bonds. The van der Waals surface area contributed by atoms with Crippen LogP contribution in [-0.2, 0) is 4.74 Å². The maximum Gasteiger partial charge on any atom is 0.164 e. The molecule has 0 bridgehead atoms. The van der Waals surface area contributed by atoms with Gasteiger partial charge in [-0.05, 0) is 30.4 Å². The molecule has 27 heavy (non-hydrogen) atoms. The van der Waals surface area contributed by atoms with Crippen LogP contribution in [-0.4, -0.2) is 11.7 Å². The smallest absolute Gasteiger partial charge is 0.164 e. The van der Waals surface area contributed by atoms with Gasteiger partial charge >= 0.3 is 0 Å². The van der Waals surface area contributed by atoms with E-state index in [9.17, 15) is 22.7 Å². The van der Waals surface area contributed by atoms with Crippen molar-refractivity contribution in [3.8, 4) is 0 Å². The monoisotopic (exact) mass is 384 g/mol.